The molecule has 122 valence electrons. The van der Waals surface area contributed by atoms with Crippen molar-refractivity contribution in [3.8, 4) is 11.4 Å². The fourth-order valence-electron chi connectivity index (χ4n) is 4.60. The summed E-state index contributed by atoms with van der Waals surface area (Å²) in [5.74, 6) is 1.08. The Balaban J connectivity index is 1.56. The summed E-state index contributed by atoms with van der Waals surface area (Å²) in [6, 6.07) is 11.8. The first-order valence-corrected chi connectivity index (χ1v) is 9.02. The lowest BCUT2D eigenvalue weighted by molar-refractivity contribution is 0.139. The molecule has 0 saturated carbocycles. The molecule has 4 nitrogen and oxygen atoms in total. The molecule has 0 radical (unpaired) electrons. The van der Waals surface area contributed by atoms with E-state index in [-0.39, 0.29) is 0 Å². The average molecular weight is 318 g/mol. The van der Waals surface area contributed by atoms with Crippen molar-refractivity contribution < 1.29 is 0 Å². The van der Waals surface area contributed by atoms with Crippen LogP contribution in [0.4, 0.5) is 0 Å². The molecule has 2 atom stereocenters. The van der Waals surface area contributed by atoms with Crippen LogP contribution in [-0.4, -0.2) is 38.6 Å². The highest BCUT2D eigenvalue weighted by Crippen LogP contribution is 2.37. The molecule has 2 fully saturated rings. The van der Waals surface area contributed by atoms with Crippen molar-refractivity contribution in [2.45, 2.75) is 37.8 Å². The quantitative estimate of drug-likeness (QED) is 0.718. The summed E-state index contributed by atoms with van der Waals surface area (Å²) >= 11 is 0. The van der Waals surface area contributed by atoms with Crippen molar-refractivity contribution in [3.63, 3.8) is 0 Å². The minimum Gasteiger partial charge on any atom is -0.326 e. The summed E-state index contributed by atoms with van der Waals surface area (Å²) in [6.07, 6.45) is 11.2. The Bertz CT molecular complexity index is 869. The molecule has 2 aliphatic heterocycles. The third-order valence-corrected chi connectivity index (χ3v) is 5.69. The van der Waals surface area contributed by atoms with E-state index >= 15 is 0 Å². The number of hydrogen-bond donors (Lipinski definition) is 0. The molecule has 0 aliphatic carbocycles. The van der Waals surface area contributed by atoms with E-state index in [4.69, 9.17) is 4.98 Å². The van der Waals surface area contributed by atoms with Gasteiger partial charge in [-0.25, -0.2) is 4.98 Å². The second-order valence-corrected chi connectivity index (χ2v) is 7.02. The monoisotopic (exact) mass is 318 g/mol. The topological polar surface area (TPSA) is 34.0 Å². The molecule has 0 N–H and O–H groups in total. The van der Waals surface area contributed by atoms with Crippen LogP contribution in [0.3, 0.4) is 0 Å². The fourth-order valence-corrected chi connectivity index (χ4v) is 4.60. The molecule has 4 heteroatoms. The second kappa shape index (κ2) is 5.71. The number of piperidine rings is 1. The summed E-state index contributed by atoms with van der Waals surface area (Å²) in [6.45, 7) is 2.54. The first-order chi connectivity index (χ1) is 11.9. The van der Waals surface area contributed by atoms with E-state index < -0.39 is 0 Å². The normalized spacial score (nSPS) is 24.3. The highest BCUT2D eigenvalue weighted by Gasteiger charge is 2.36. The molecule has 2 aliphatic rings. The lowest BCUT2D eigenvalue weighted by Gasteiger charge is -2.38. The highest BCUT2D eigenvalue weighted by atomic mass is 15.2. The van der Waals surface area contributed by atoms with Crippen molar-refractivity contribution >= 4 is 10.9 Å². The van der Waals surface area contributed by atoms with E-state index in [9.17, 15) is 0 Å². The summed E-state index contributed by atoms with van der Waals surface area (Å²) in [5, 5.41) is 1.18. The van der Waals surface area contributed by atoms with Gasteiger partial charge in [-0.1, -0.05) is 18.2 Å². The standard InChI is InChI=1S/C20H22N4/c1-4-15-7-8-16(14-17(15)21-9-1)20-22-10-13-24(20)19-6-3-12-23-11-2-5-18(19)23/h1,4,7-10,13-14,18-19H,2-3,5-6,11-12H2/t18-,19-/m0/s1. The molecular formula is C20H22N4. The zero-order valence-electron chi connectivity index (χ0n) is 13.8. The Kier molecular flexibility index (Phi) is 3.37. The van der Waals surface area contributed by atoms with Gasteiger partial charge >= 0.3 is 0 Å². The molecule has 24 heavy (non-hydrogen) atoms. The lowest BCUT2D eigenvalue weighted by atomic mass is 9.95. The number of nitrogens with zero attached hydrogens (tertiary/aromatic N) is 4. The van der Waals surface area contributed by atoms with Gasteiger partial charge in [0.15, 0.2) is 0 Å². The summed E-state index contributed by atoms with van der Waals surface area (Å²) in [7, 11) is 0. The van der Waals surface area contributed by atoms with E-state index in [2.05, 4.69) is 44.9 Å². The van der Waals surface area contributed by atoms with Crippen LogP contribution in [0.5, 0.6) is 0 Å². The smallest absolute Gasteiger partial charge is 0.140 e. The number of fused-ring (bicyclic) bond motifs is 2. The maximum Gasteiger partial charge on any atom is 0.140 e. The van der Waals surface area contributed by atoms with Gasteiger partial charge in [0.05, 0.1) is 11.6 Å². The van der Waals surface area contributed by atoms with E-state index in [0.29, 0.717) is 12.1 Å². The van der Waals surface area contributed by atoms with E-state index in [0.717, 1.165) is 11.3 Å². The van der Waals surface area contributed by atoms with E-state index in [1.54, 1.807) is 0 Å². The molecule has 5 rings (SSSR count). The number of benzene rings is 1. The lowest BCUT2D eigenvalue weighted by Crippen LogP contribution is -2.41. The largest absolute Gasteiger partial charge is 0.326 e. The third-order valence-electron chi connectivity index (χ3n) is 5.69. The number of imidazole rings is 1. The van der Waals surface area contributed by atoms with Crippen LogP contribution in [0.25, 0.3) is 22.3 Å². The summed E-state index contributed by atoms with van der Waals surface area (Å²) < 4.78 is 2.42. The predicted molar refractivity (Wildman–Crippen MR) is 95.8 cm³/mol. The van der Waals surface area contributed by atoms with Crippen LogP contribution in [0, 0.1) is 0 Å². The van der Waals surface area contributed by atoms with Crippen molar-refractivity contribution in [1.82, 2.24) is 19.4 Å². The van der Waals surface area contributed by atoms with Gasteiger partial charge in [0.1, 0.15) is 5.82 Å². The Morgan fingerprint density at radius 3 is 2.71 bits per heavy atom. The molecule has 2 aromatic heterocycles. The van der Waals surface area contributed by atoms with Gasteiger partial charge in [-0.15, -0.1) is 0 Å². The number of rotatable bonds is 2. The van der Waals surface area contributed by atoms with Crippen LogP contribution >= 0.6 is 0 Å². The Morgan fingerprint density at radius 1 is 0.917 bits per heavy atom. The van der Waals surface area contributed by atoms with Gasteiger partial charge in [-0.05, 0) is 50.9 Å². The van der Waals surface area contributed by atoms with Crippen molar-refractivity contribution in [2.75, 3.05) is 13.1 Å². The SMILES string of the molecule is c1cnc2cc(-c3nccn3[C@H]3CCCN4CCC[C@@H]34)ccc2c1. The maximum atomic E-state index is 4.70. The molecule has 0 spiro atoms. The van der Waals surface area contributed by atoms with Gasteiger partial charge in [0.2, 0.25) is 0 Å². The van der Waals surface area contributed by atoms with Gasteiger partial charge in [-0.3, -0.25) is 9.88 Å². The molecule has 2 saturated heterocycles. The van der Waals surface area contributed by atoms with Crippen molar-refractivity contribution in [3.05, 3.63) is 48.9 Å². The van der Waals surface area contributed by atoms with Crippen LogP contribution in [0.2, 0.25) is 0 Å². The molecule has 1 aromatic carbocycles. The van der Waals surface area contributed by atoms with Gasteiger partial charge in [-0.2, -0.15) is 0 Å². The highest BCUT2D eigenvalue weighted by molar-refractivity contribution is 5.82. The van der Waals surface area contributed by atoms with Gasteiger partial charge < -0.3 is 4.57 Å². The zero-order valence-corrected chi connectivity index (χ0v) is 13.8. The van der Waals surface area contributed by atoms with Crippen molar-refractivity contribution in [1.29, 1.82) is 0 Å². The second-order valence-electron chi connectivity index (χ2n) is 7.02. The fraction of sp³-hybridized carbons (Fsp3) is 0.400. The third kappa shape index (κ3) is 2.25. The molecule has 0 unspecified atom stereocenters. The van der Waals surface area contributed by atoms with Crippen LogP contribution in [0.15, 0.2) is 48.9 Å². The maximum absolute atomic E-state index is 4.70. The average Bonchev–Trinajstić information content (AvgIpc) is 3.30. The Hall–Kier alpha value is -2.20. The molecule has 0 bridgehead atoms. The summed E-state index contributed by atoms with van der Waals surface area (Å²) in [5.41, 5.74) is 2.21. The summed E-state index contributed by atoms with van der Waals surface area (Å²) in [4.78, 5) is 11.9. The minimum absolute atomic E-state index is 0.554. The van der Waals surface area contributed by atoms with Gasteiger partial charge in [0.25, 0.3) is 0 Å². The van der Waals surface area contributed by atoms with Crippen LogP contribution < -0.4 is 0 Å². The minimum atomic E-state index is 0.554. The van der Waals surface area contributed by atoms with E-state index in [1.165, 1.54) is 49.7 Å². The first kappa shape index (κ1) is 14.2. The Labute approximate surface area is 142 Å². The Morgan fingerprint density at radius 2 is 1.79 bits per heavy atom. The van der Waals surface area contributed by atoms with E-state index in [1.807, 2.05) is 18.5 Å². The first-order valence-electron chi connectivity index (χ1n) is 9.02. The molecule has 3 aromatic rings. The number of pyridine rings is 1. The van der Waals surface area contributed by atoms with Gasteiger partial charge in [0, 0.05) is 35.6 Å². The predicted octanol–water partition coefficient (Wildman–Crippen LogP) is 3.90. The van der Waals surface area contributed by atoms with Crippen molar-refractivity contribution in [2.24, 2.45) is 0 Å². The molecule has 0 amide bonds. The molecular weight excluding hydrogens is 296 g/mol. The van der Waals surface area contributed by atoms with Crippen LogP contribution in [-0.2, 0) is 0 Å². The number of hydrogen-bond acceptors (Lipinski definition) is 3. The molecule has 4 heterocycles. The number of aromatic nitrogens is 3. The zero-order chi connectivity index (χ0) is 15.9. The van der Waals surface area contributed by atoms with Crippen LogP contribution in [0.1, 0.15) is 31.7 Å².